The predicted octanol–water partition coefficient (Wildman–Crippen LogP) is 1.71. The minimum atomic E-state index is -0.597. The first kappa shape index (κ1) is 16.3. The molecule has 114 valence electrons. The van der Waals surface area contributed by atoms with Gasteiger partial charge in [0.2, 0.25) is 0 Å². The van der Waals surface area contributed by atoms with Crippen LogP contribution in [0, 0.1) is 5.92 Å². The molecule has 0 heterocycles. The second-order valence-electron chi connectivity index (χ2n) is 5.55. The molecule has 2 atom stereocenters. The average Bonchev–Trinajstić information content (AvgIpc) is 2.59. The van der Waals surface area contributed by atoms with Gasteiger partial charge < -0.3 is 10.4 Å². The van der Waals surface area contributed by atoms with Gasteiger partial charge in [-0.1, -0.05) is 80.9 Å². The molecular weight excluding hydrogens is 273 g/mol. The molecule has 3 nitrogen and oxygen atoms in total. The number of carbonyl (C=O) groups excluding carboxylic acids is 1. The first-order valence-electron chi connectivity index (χ1n) is 7.69. The van der Waals surface area contributed by atoms with E-state index in [0.29, 0.717) is 0 Å². The summed E-state index contributed by atoms with van der Waals surface area (Å²) in [5, 5.41) is 0. The minimum Gasteiger partial charge on any atom is -0.525 e. The van der Waals surface area contributed by atoms with Crippen molar-refractivity contribution in [2.75, 3.05) is 0 Å². The monoisotopic (exact) mass is 295 g/mol. The van der Waals surface area contributed by atoms with Crippen molar-refractivity contribution in [3.05, 3.63) is 60.7 Å². The van der Waals surface area contributed by atoms with Gasteiger partial charge in [0.05, 0.1) is 0 Å². The summed E-state index contributed by atoms with van der Waals surface area (Å²) in [6.45, 7) is 3.56. The Balaban J connectivity index is 2.25. The van der Waals surface area contributed by atoms with Crippen LogP contribution in [0.4, 0.5) is 0 Å². The molecular formula is C18H22BNO2. The molecule has 0 fully saturated rings. The summed E-state index contributed by atoms with van der Waals surface area (Å²) in [6.07, 6.45) is 0.845. The van der Waals surface area contributed by atoms with Crippen molar-refractivity contribution in [3.8, 4) is 0 Å². The van der Waals surface area contributed by atoms with Crippen LogP contribution >= 0.6 is 0 Å². The first-order valence-corrected chi connectivity index (χ1v) is 7.69. The molecule has 2 aromatic rings. The quantitative estimate of drug-likeness (QED) is 0.825. The Hall–Kier alpha value is -2.07. The Bertz CT molecular complexity index is 549. The van der Waals surface area contributed by atoms with Gasteiger partial charge in [0.15, 0.2) is 0 Å². The smallest absolute Gasteiger partial charge is 0.429 e. The van der Waals surface area contributed by atoms with Crippen LogP contribution in [0.25, 0.3) is 0 Å². The summed E-state index contributed by atoms with van der Waals surface area (Å²) in [6, 6.07) is 18.9. The third-order valence-electron chi connectivity index (χ3n) is 3.97. The van der Waals surface area contributed by atoms with Crippen molar-refractivity contribution in [3.63, 3.8) is 0 Å². The van der Waals surface area contributed by atoms with Crippen molar-refractivity contribution in [1.82, 2.24) is 0 Å². The maximum absolute atomic E-state index is 12.4. The van der Waals surface area contributed by atoms with Crippen LogP contribution in [-0.4, -0.2) is 18.9 Å². The van der Waals surface area contributed by atoms with Gasteiger partial charge in [-0.05, 0) is 16.8 Å². The summed E-state index contributed by atoms with van der Waals surface area (Å²) in [5.41, 5.74) is 7.89. The number of nitrogens with two attached hydrogens (primary N) is 1. The summed E-state index contributed by atoms with van der Waals surface area (Å²) in [4.78, 5) is 12.4. The van der Waals surface area contributed by atoms with Crippen LogP contribution in [0.3, 0.4) is 0 Å². The highest BCUT2D eigenvalue weighted by atomic mass is 16.5. The zero-order valence-electron chi connectivity index (χ0n) is 13.1. The molecule has 0 bridgehead atoms. The second kappa shape index (κ2) is 7.80. The lowest BCUT2D eigenvalue weighted by Crippen LogP contribution is -2.50. The van der Waals surface area contributed by atoms with Crippen LogP contribution in [0.5, 0.6) is 0 Å². The largest absolute Gasteiger partial charge is 0.525 e. The molecule has 4 heteroatoms. The van der Waals surface area contributed by atoms with Gasteiger partial charge in [-0.3, -0.25) is 4.79 Å². The minimum absolute atomic E-state index is 0.0969. The summed E-state index contributed by atoms with van der Waals surface area (Å²) >= 11 is 0. The number of rotatable bonds is 6. The highest BCUT2D eigenvalue weighted by molar-refractivity contribution is 6.81. The fraction of sp³-hybridized carbons (Fsp3) is 0.278. The Labute approximate surface area is 132 Å². The predicted molar refractivity (Wildman–Crippen MR) is 91.4 cm³/mol. The van der Waals surface area contributed by atoms with E-state index in [9.17, 15) is 4.79 Å². The zero-order chi connectivity index (χ0) is 15.9. The van der Waals surface area contributed by atoms with Crippen LogP contribution in [0.1, 0.15) is 20.3 Å². The molecule has 2 aromatic carbocycles. The van der Waals surface area contributed by atoms with Crippen molar-refractivity contribution in [1.29, 1.82) is 0 Å². The number of carbonyl (C=O) groups is 1. The number of hydrogen-bond donors (Lipinski definition) is 1. The lowest BCUT2D eigenvalue weighted by atomic mass is 9.55. The summed E-state index contributed by atoms with van der Waals surface area (Å²) in [5.74, 6) is -0.258. The molecule has 2 N–H and O–H groups in total. The molecule has 0 radical (unpaired) electrons. The molecule has 22 heavy (non-hydrogen) atoms. The second-order valence-corrected chi connectivity index (χ2v) is 5.55. The van der Waals surface area contributed by atoms with E-state index in [2.05, 4.69) is 0 Å². The van der Waals surface area contributed by atoms with E-state index in [1.807, 2.05) is 74.5 Å². The van der Waals surface area contributed by atoms with Gasteiger partial charge in [-0.25, -0.2) is 0 Å². The van der Waals surface area contributed by atoms with Crippen molar-refractivity contribution in [2.24, 2.45) is 11.7 Å². The zero-order valence-corrected chi connectivity index (χ0v) is 13.1. The molecule has 0 amide bonds. The molecule has 2 rings (SSSR count). The maximum atomic E-state index is 12.4. The van der Waals surface area contributed by atoms with Crippen molar-refractivity contribution < 1.29 is 9.45 Å². The van der Waals surface area contributed by atoms with E-state index >= 15 is 0 Å². The summed E-state index contributed by atoms with van der Waals surface area (Å²) in [7, 11) is 0. The maximum Gasteiger partial charge on any atom is 0.429 e. The Morgan fingerprint density at radius 3 is 1.91 bits per heavy atom. The first-order chi connectivity index (χ1) is 10.6. The molecule has 0 aliphatic carbocycles. The Morgan fingerprint density at radius 2 is 1.50 bits per heavy atom. The third-order valence-corrected chi connectivity index (χ3v) is 3.97. The van der Waals surface area contributed by atoms with Gasteiger partial charge in [0.25, 0.3) is 0 Å². The Morgan fingerprint density at radius 1 is 1.05 bits per heavy atom. The van der Waals surface area contributed by atoms with Crippen LogP contribution in [-0.2, 0) is 9.45 Å². The Kier molecular flexibility index (Phi) is 5.79. The topological polar surface area (TPSA) is 52.3 Å². The lowest BCUT2D eigenvalue weighted by Gasteiger charge is -2.21. The van der Waals surface area contributed by atoms with Crippen LogP contribution in [0.2, 0.25) is 0 Å². The third kappa shape index (κ3) is 3.98. The molecule has 0 aliphatic rings. The standard InChI is InChI=1S/C18H22BNO2/c1-3-14(2)17(20)18(21)22-19(15-10-6-4-7-11-15)16-12-8-5-9-13-16/h4-14,17H,3,20H2,1-2H3/t14?,17-/m0/s1. The van der Waals surface area contributed by atoms with Crippen LogP contribution < -0.4 is 16.7 Å². The molecule has 0 aromatic heterocycles. The van der Waals surface area contributed by atoms with Gasteiger partial charge in [0, 0.05) is 0 Å². The SMILES string of the molecule is CCC(C)[C@H](N)C(=O)OB(c1ccccc1)c1ccccc1. The normalized spacial score (nSPS) is 13.2. The molecule has 0 saturated carbocycles. The highest BCUT2D eigenvalue weighted by Crippen LogP contribution is 2.07. The molecule has 1 unspecified atom stereocenters. The molecule has 0 aliphatic heterocycles. The van der Waals surface area contributed by atoms with Gasteiger partial charge in [0.1, 0.15) is 6.04 Å². The van der Waals surface area contributed by atoms with E-state index in [0.717, 1.165) is 17.3 Å². The van der Waals surface area contributed by atoms with Crippen molar-refractivity contribution >= 4 is 23.8 Å². The van der Waals surface area contributed by atoms with Gasteiger partial charge in [-0.2, -0.15) is 0 Å². The van der Waals surface area contributed by atoms with Crippen LogP contribution in [0.15, 0.2) is 60.7 Å². The summed E-state index contributed by atoms with van der Waals surface area (Å²) < 4.78 is 5.74. The fourth-order valence-corrected chi connectivity index (χ4v) is 2.27. The number of benzene rings is 2. The molecule has 0 spiro atoms. The average molecular weight is 295 g/mol. The van der Waals surface area contributed by atoms with E-state index in [-0.39, 0.29) is 11.9 Å². The lowest BCUT2D eigenvalue weighted by molar-refractivity contribution is -0.137. The van der Waals surface area contributed by atoms with E-state index in [4.69, 9.17) is 10.4 Å². The van der Waals surface area contributed by atoms with Gasteiger partial charge in [-0.15, -0.1) is 0 Å². The van der Waals surface area contributed by atoms with E-state index in [1.165, 1.54) is 0 Å². The van der Waals surface area contributed by atoms with Gasteiger partial charge >= 0.3 is 12.9 Å². The highest BCUT2D eigenvalue weighted by Gasteiger charge is 2.29. The van der Waals surface area contributed by atoms with Crippen molar-refractivity contribution in [2.45, 2.75) is 26.3 Å². The molecule has 0 saturated heterocycles. The van der Waals surface area contributed by atoms with E-state index < -0.39 is 13.0 Å². The number of hydrogen-bond acceptors (Lipinski definition) is 3. The fourth-order valence-electron chi connectivity index (χ4n) is 2.27. The van der Waals surface area contributed by atoms with E-state index in [1.54, 1.807) is 0 Å².